The highest BCUT2D eigenvalue weighted by molar-refractivity contribution is 6.30. The van der Waals surface area contributed by atoms with E-state index in [4.69, 9.17) is 21.1 Å². The summed E-state index contributed by atoms with van der Waals surface area (Å²) in [5, 5.41) is 3.22. The molecule has 0 aliphatic heterocycles. The molecule has 0 amide bonds. The van der Waals surface area contributed by atoms with E-state index in [-0.39, 0.29) is 10.8 Å². The molecule has 2 aromatic carbocycles. The van der Waals surface area contributed by atoms with Gasteiger partial charge in [0, 0.05) is 11.8 Å². The largest absolute Gasteiger partial charge is 0.496 e. The van der Waals surface area contributed by atoms with Crippen molar-refractivity contribution in [3.05, 3.63) is 74.4 Å². The van der Waals surface area contributed by atoms with Gasteiger partial charge in [-0.05, 0) is 42.7 Å². The maximum Gasteiger partial charge on any atom is 0.316 e. The molecule has 0 radical (unpaired) electrons. The molecule has 1 heterocycles. The molecule has 0 bridgehead atoms. The van der Waals surface area contributed by atoms with Gasteiger partial charge in [0.1, 0.15) is 11.6 Å². The Hall–Kier alpha value is -3.06. The van der Waals surface area contributed by atoms with E-state index in [0.29, 0.717) is 18.2 Å². The van der Waals surface area contributed by atoms with Crippen molar-refractivity contribution in [2.45, 2.75) is 20.4 Å². The molecule has 0 aliphatic carbocycles. The molecule has 0 saturated carbocycles. The van der Waals surface area contributed by atoms with Crippen molar-refractivity contribution < 1.29 is 13.9 Å². The molecule has 0 unspecified atom stereocenters. The first-order valence-corrected chi connectivity index (χ1v) is 9.22. The van der Waals surface area contributed by atoms with Crippen LogP contribution in [-0.2, 0) is 6.54 Å². The SMILES string of the molecule is COc1cc(Nc2nc(=O)c(OC)cn2Cc2ccc(F)c(Cl)c2)c(C)cc1C. The molecule has 0 atom stereocenters. The van der Waals surface area contributed by atoms with Crippen LogP contribution in [0.5, 0.6) is 11.5 Å². The molecule has 0 aliphatic rings. The van der Waals surface area contributed by atoms with Crippen molar-refractivity contribution in [1.82, 2.24) is 9.55 Å². The van der Waals surface area contributed by atoms with E-state index in [1.165, 1.54) is 19.2 Å². The van der Waals surface area contributed by atoms with Gasteiger partial charge in [-0.1, -0.05) is 23.7 Å². The third-order valence-electron chi connectivity index (χ3n) is 4.51. The van der Waals surface area contributed by atoms with Crippen LogP contribution in [0, 0.1) is 19.7 Å². The number of hydrogen-bond acceptors (Lipinski definition) is 5. The van der Waals surface area contributed by atoms with E-state index in [2.05, 4.69) is 10.3 Å². The number of methoxy groups -OCH3 is 2. The van der Waals surface area contributed by atoms with Gasteiger partial charge < -0.3 is 19.4 Å². The van der Waals surface area contributed by atoms with Crippen LogP contribution in [-0.4, -0.2) is 23.8 Å². The van der Waals surface area contributed by atoms with Gasteiger partial charge >= 0.3 is 5.56 Å². The quantitative estimate of drug-likeness (QED) is 0.641. The van der Waals surface area contributed by atoms with Crippen LogP contribution < -0.4 is 20.3 Å². The van der Waals surface area contributed by atoms with Crippen molar-refractivity contribution in [2.75, 3.05) is 19.5 Å². The Morgan fingerprint density at radius 1 is 1.10 bits per heavy atom. The van der Waals surface area contributed by atoms with Crippen LogP contribution >= 0.6 is 11.6 Å². The molecule has 0 fully saturated rings. The number of halogens is 2. The third kappa shape index (κ3) is 4.51. The molecule has 29 heavy (non-hydrogen) atoms. The lowest BCUT2D eigenvalue weighted by molar-refractivity contribution is 0.402. The van der Waals surface area contributed by atoms with Crippen LogP contribution in [0.3, 0.4) is 0 Å². The number of anilines is 2. The van der Waals surface area contributed by atoms with Gasteiger partial charge in [-0.15, -0.1) is 0 Å². The van der Waals surface area contributed by atoms with Gasteiger partial charge in [-0.3, -0.25) is 4.79 Å². The van der Waals surface area contributed by atoms with Crippen molar-refractivity contribution in [3.63, 3.8) is 0 Å². The molecule has 1 N–H and O–H groups in total. The Labute approximate surface area is 172 Å². The Morgan fingerprint density at radius 2 is 1.83 bits per heavy atom. The minimum atomic E-state index is -0.500. The normalized spacial score (nSPS) is 10.7. The number of aryl methyl sites for hydroxylation is 2. The van der Waals surface area contributed by atoms with Crippen LogP contribution in [0.1, 0.15) is 16.7 Å². The minimum absolute atomic E-state index is 0.0251. The summed E-state index contributed by atoms with van der Waals surface area (Å²) in [4.78, 5) is 16.4. The summed E-state index contributed by atoms with van der Waals surface area (Å²) in [7, 11) is 3.00. The lowest BCUT2D eigenvalue weighted by Crippen LogP contribution is -2.19. The highest BCUT2D eigenvalue weighted by Crippen LogP contribution is 2.28. The van der Waals surface area contributed by atoms with E-state index >= 15 is 0 Å². The first-order chi connectivity index (χ1) is 13.8. The second-order valence-corrected chi connectivity index (χ2v) is 6.98. The minimum Gasteiger partial charge on any atom is -0.496 e. The second-order valence-electron chi connectivity index (χ2n) is 6.58. The Morgan fingerprint density at radius 3 is 2.48 bits per heavy atom. The summed E-state index contributed by atoms with van der Waals surface area (Å²) in [5.74, 6) is 0.629. The molecule has 1 aromatic heterocycles. The monoisotopic (exact) mass is 417 g/mol. The molecule has 3 rings (SSSR count). The molecule has 152 valence electrons. The van der Waals surface area contributed by atoms with E-state index in [1.807, 2.05) is 26.0 Å². The van der Waals surface area contributed by atoms with Gasteiger partial charge in [0.2, 0.25) is 11.7 Å². The number of nitrogens with zero attached hydrogens (tertiary/aromatic N) is 2. The summed E-state index contributed by atoms with van der Waals surface area (Å²) in [6.07, 6.45) is 1.55. The van der Waals surface area contributed by atoms with Crippen molar-refractivity contribution in [2.24, 2.45) is 0 Å². The molecule has 0 spiro atoms. The zero-order chi connectivity index (χ0) is 21.1. The van der Waals surface area contributed by atoms with Gasteiger partial charge in [-0.2, -0.15) is 4.98 Å². The number of benzene rings is 2. The smallest absolute Gasteiger partial charge is 0.316 e. The standard InChI is InChI=1S/C21H21ClFN3O3/c1-12-7-13(2)18(28-3)9-17(12)24-21-25-20(27)19(29-4)11-26(21)10-14-5-6-16(23)15(22)8-14/h5-9,11H,10H2,1-4H3,(H,24,25,27). The fourth-order valence-corrected chi connectivity index (χ4v) is 3.18. The predicted molar refractivity (Wildman–Crippen MR) is 111 cm³/mol. The van der Waals surface area contributed by atoms with Crippen molar-refractivity contribution in [3.8, 4) is 11.5 Å². The predicted octanol–water partition coefficient (Wildman–Crippen LogP) is 4.46. The average Bonchev–Trinajstić information content (AvgIpc) is 2.68. The highest BCUT2D eigenvalue weighted by atomic mass is 35.5. The molecular weight excluding hydrogens is 397 g/mol. The Kier molecular flexibility index (Phi) is 6.08. The first kappa shape index (κ1) is 20.7. The van der Waals surface area contributed by atoms with Crippen molar-refractivity contribution >= 4 is 23.2 Å². The molecular formula is C21H21ClFN3O3. The number of nitrogens with one attached hydrogen (secondary N) is 1. The maximum atomic E-state index is 13.5. The van der Waals surface area contributed by atoms with Gasteiger partial charge in [0.25, 0.3) is 0 Å². The lowest BCUT2D eigenvalue weighted by atomic mass is 10.1. The third-order valence-corrected chi connectivity index (χ3v) is 4.80. The molecule has 6 nitrogen and oxygen atoms in total. The van der Waals surface area contributed by atoms with Gasteiger partial charge in [0.15, 0.2) is 0 Å². The van der Waals surface area contributed by atoms with E-state index < -0.39 is 11.4 Å². The van der Waals surface area contributed by atoms with Crippen LogP contribution in [0.15, 0.2) is 41.3 Å². The first-order valence-electron chi connectivity index (χ1n) is 8.84. The summed E-state index contributed by atoms with van der Waals surface area (Å²) in [6.45, 7) is 4.20. The zero-order valence-corrected chi connectivity index (χ0v) is 17.3. The summed E-state index contributed by atoms with van der Waals surface area (Å²) in [5.41, 5.74) is 2.95. The van der Waals surface area contributed by atoms with Crippen LogP contribution in [0.4, 0.5) is 16.0 Å². The fraction of sp³-hybridized carbons (Fsp3) is 0.238. The highest BCUT2D eigenvalue weighted by Gasteiger charge is 2.13. The number of ether oxygens (including phenoxy) is 2. The van der Waals surface area contributed by atoms with Gasteiger partial charge in [0.05, 0.1) is 32.0 Å². The Balaban J connectivity index is 2.05. The molecule has 0 saturated heterocycles. The topological polar surface area (TPSA) is 65.4 Å². The average molecular weight is 418 g/mol. The zero-order valence-electron chi connectivity index (χ0n) is 16.5. The Bertz CT molecular complexity index is 1120. The summed E-state index contributed by atoms with van der Waals surface area (Å²) >= 11 is 5.90. The number of aromatic nitrogens is 2. The summed E-state index contributed by atoms with van der Waals surface area (Å²) < 4.78 is 25.7. The van der Waals surface area contributed by atoms with E-state index in [1.54, 1.807) is 23.9 Å². The fourth-order valence-electron chi connectivity index (χ4n) is 2.98. The van der Waals surface area contributed by atoms with Crippen LogP contribution in [0.2, 0.25) is 5.02 Å². The van der Waals surface area contributed by atoms with Crippen molar-refractivity contribution in [1.29, 1.82) is 0 Å². The summed E-state index contributed by atoms with van der Waals surface area (Å²) in [6, 6.07) is 8.28. The lowest BCUT2D eigenvalue weighted by Gasteiger charge is -2.17. The maximum absolute atomic E-state index is 13.5. The van der Waals surface area contributed by atoms with E-state index in [9.17, 15) is 9.18 Å². The van der Waals surface area contributed by atoms with E-state index in [0.717, 1.165) is 22.4 Å². The molecule has 3 aromatic rings. The molecule has 8 heteroatoms. The van der Waals surface area contributed by atoms with Gasteiger partial charge in [-0.25, -0.2) is 4.39 Å². The number of rotatable bonds is 6. The van der Waals surface area contributed by atoms with Crippen LogP contribution in [0.25, 0.3) is 0 Å². The second kappa shape index (κ2) is 8.53. The number of hydrogen-bond donors (Lipinski definition) is 1.